The van der Waals surface area contributed by atoms with Gasteiger partial charge in [-0.1, -0.05) is 30.3 Å². The third-order valence-corrected chi connectivity index (χ3v) is 5.81. The van der Waals surface area contributed by atoms with Gasteiger partial charge in [0.25, 0.3) is 0 Å². The summed E-state index contributed by atoms with van der Waals surface area (Å²) in [5.74, 6) is -0.105. The summed E-state index contributed by atoms with van der Waals surface area (Å²) in [6.45, 7) is 2.99. The van der Waals surface area contributed by atoms with Crippen LogP contribution in [0.25, 0.3) is 0 Å². The second kappa shape index (κ2) is 10.7. The Morgan fingerprint density at radius 1 is 1.14 bits per heavy atom. The average Bonchev–Trinajstić information content (AvgIpc) is 2.75. The van der Waals surface area contributed by atoms with Crippen LogP contribution in [0.3, 0.4) is 0 Å². The lowest BCUT2D eigenvalue weighted by Crippen LogP contribution is -2.53. The van der Waals surface area contributed by atoms with E-state index in [1.165, 1.54) is 0 Å². The first-order valence-corrected chi connectivity index (χ1v) is 10.6. The third-order valence-electron chi connectivity index (χ3n) is 5.81. The van der Waals surface area contributed by atoms with Crippen LogP contribution in [0.5, 0.6) is 0 Å². The lowest BCUT2D eigenvalue weighted by molar-refractivity contribution is -0.139. The van der Waals surface area contributed by atoms with Gasteiger partial charge in [-0.05, 0) is 38.2 Å². The Bertz CT molecular complexity index is 662. The van der Waals surface area contributed by atoms with Crippen molar-refractivity contribution in [3.63, 3.8) is 0 Å². The largest absolute Gasteiger partial charge is 0.394 e. The van der Waals surface area contributed by atoms with Crippen molar-refractivity contribution in [1.82, 2.24) is 10.6 Å². The quantitative estimate of drug-likeness (QED) is 0.643. The molecule has 3 rings (SSSR count). The molecule has 7 heteroatoms. The van der Waals surface area contributed by atoms with Crippen LogP contribution in [0.4, 0.5) is 0 Å². The van der Waals surface area contributed by atoms with Crippen molar-refractivity contribution in [1.29, 1.82) is 0 Å². The van der Waals surface area contributed by atoms with Gasteiger partial charge >= 0.3 is 0 Å². The fraction of sp³-hybridized carbons (Fsp3) is 0.636. The monoisotopic (exact) mass is 404 g/mol. The molecule has 2 fully saturated rings. The standard InChI is InChI=1S/C22H32N2O5/c1-15(16-5-3-2-4-6-16)23-21(26)13-18-7-8-19(20(14-25)29-18)24-22(27)17-9-11-28-12-10-17/h2-6,15,17-20,25H,7-14H2,1H3,(H,23,26)(H,24,27)/t15-,18-,19+,20-/m0/s1. The number of nitrogens with one attached hydrogen (secondary N) is 2. The molecule has 2 aliphatic rings. The summed E-state index contributed by atoms with van der Waals surface area (Å²) in [6, 6.07) is 9.50. The van der Waals surface area contributed by atoms with Crippen molar-refractivity contribution in [2.24, 2.45) is 5.92 Å². The fourth-order valence-electron chi connectivity index (χ4n) is 4.04. The molecule has 7 nitrogen and oxygen atoms in total. The normalized spacial score (nSPS) is 26.5. The van der Waals surface area contributed by atoms with E-state index in [2.05, 4.69) is 10.6 Å². The number of aliphatic hydroxyl groups excluding tert-OH is 1. The number of hydrogen-bond donors (Lipinski definition) is 3. The second-order valence-corrected chi connectivity index (χ2v) is 7.96. The zero-order chi connectivity index (χ0) is 20.6. The van der Waals surface area contributed by atoms with Crippen LogP contribution in [0.15, 0.2) is 30.3 Å². The Morgan fingerprint density at radius 2 is 1.86 bits per heavy atom. The molecule has 0 spiro atoms. The zero-order valence-electron chi connectivity index (χ0n) is 17.0. The number of benzene rings is 1. The van der Waals surface area contributed by atoms with E-state index in [-0.39, 0.29) is 48.9 Å². The highest BCUT2D eigenvalue weighted by atomic mass is 16.5. The maximum atomic E-state index is 12.5. The topological polar surface area (TPSA) is 96.9 Å². The maximum Gasteiger partial charge on any atom is 0.223 e. The van der Waals surface area contributed by atoms with E-state index in [0.717, 1.165) is 18.4 Å². The van der Waals surface area contributed by atoms with Gasteiger partial charge in [-0.15, -0.1) is 0 Å². The Morgan fingerprint density at radius 3 is 2.55 bits per heavy atom. The van der Waals surface area contributed by atoms with Gasteiger partial charge < -0.3 is 25.2 Å². The minimum Gasteiger partial charge on any atom is -0.394 e. The van der Waals surface area contributed by atoms with Crippen LogP contribution in [0.1, 0.15) is 50.6 Å². The van der Waals surface area contributed by atoms with Gasteiger partial charge in [0.1, 0.15) is 6.10 Å². The Balaban J connectivity index is 1.46. The van der Waals surface area contributed by atoms with Crippen LogP contribution < -0.4 is 10.6 Å². The van der Waals surface area contributed by atoms with Crippen molar-refractivity contribution in [2.75, 3.05) is 19.8 Å². The number of carbonyl (C=O) groups is 2. The highest BCUT2D eigenvalue weighted by molar-refractivity contribution is 5.79. The van der Waals surface area contributed by atoms with Gasteiger partial charge in [-0.2, -0.15) is 0 Å². The van der Waals surface area contributed by atoms with Crippen LogP contribution >= 0.6 is 0 Å². The van der Waals surface area contributed by atoms with Crippen LogP contribution in [0.2, 0.25) is 0 Å². The van der Waals surface area contributed by atoms with Gasteiger partial charge in [0.2, 0.25) is 11.8 Å². The molecule has 0 unspecified atom stereocenters. The van der Waals surface area contributed by atoms with Crippen molar-refractivity contribution < 1.29 is 24.2 Å². The summed E-state index contributed by atoms with van der Waals surface area (Å²) in [6.07, 6.45) is 2.31. The first-order valence-electron chi connectivity index (χ1n) is 10.6. The van der Waals surface area contributed by atoms with E-state index in [4.69, 9.17) is 9.47 Å². The number of aliphatic hydroxyl groups is 1. The maximum absolute atomic E-state index is 12.5. The van der Waals surface area contributed by atoms with Gasteiger partial charge in [0, 0.05) is 19.1 Å². The number of amides is 2. The predicted molar refractivity (Wildman–Crippen MR) is 108 cm³/mol. The number of hydrogen-bond acceptors (Lipinski definition) is 5. The molecule has 0 aliphatic carbocycles. The van der Waals surface area contributed by atoms with Crippen molar-refractivity contribution in [3.05, 3.63) is 35.9 Å². The number of rotatable bonds is 7. The highest BCUT2D eigenvalue weighted by Crippen LogP contribution is 2.24. The summed E-state index contributed by atoms with van der Waals surface area (Å²) in [7, 11) is 0. The summed E-state index contributed by atoms with van der Waals surface area (Å²) in [4.78, 5) is 24.9. The molecule has 0 saturated carbocycles. The van der Waals surface area contributed by atoms with E-state index in [1.54, 1.807) is 0 Å². The van der Waals surface area contributed by atoms with E-state index in [0.29, 0.717) is 26.1 Å². The molecule has 2 saturated heterocycles. The molecule has 3 N–H and O–H groups in total. The molecule has 0 radical (unpaired) electrons. The molecule has 4 atom stereocenters. The third kappa shape index (κ3) is 6.26. The summed E-state index contributed by atoms with van der Waals surface area (Å²) < 4.78 is 11.3. The molecule has 0 aromatic heterocycles. The van der Waals surface area contributed by atoms with Crippen LogP contribution in [0, 0.1) is 5.92 Å². The SMILES string of the molecule is C[C@H](NC(=O)C[C@@H]1CC[C@@H](NC(=O)C2CCOCC2)[C@H](CO)O1)c1ccccc1. The number of carbonyl (C=O) groups excluding carboxylic acids is 2. The minimum absolute atomic E-state index is 0.00762. The van der Waals surface area contributed by atoms with Crippen LogP contribution in [-0.4, -0.2) is 55.0 Å². The highest BCUT2D eigenvalue weighted by Gasteiger charge is 2.34. The van der Waals surface area contributed by atoms with Gasteiger partial charge in [0.05, 0.1) is 31.2 Å². The Hall–Kier alpha value is -1.96. The lowest BCUT2D eigenvalue weighted by Gasteiger charge is -2.37. The summed E-state index contributed by atoms with van der Waals surface area (Å²) in [5, 5.41) is 15.8. The Labute approximate surface area is 172 Å². The molecule has 1 aromatic rings. The zero-order valence-corrected chi connectivity index (χ0v) is 17.0. The molecule has 160 valence electrons. The first-order chi connectivity index (χ1) is 14.1. The molecule has 0 bridgehead atoms. The van der Waals surface area contributed by atoms with Crippen molar-refractivity contribution in [2.45, 2.75) is 63.3 Å². The van der Waals surface area contributed by atoms with E-state index >= 15 is 0 Å². The molecule has 1 aromatic carbocycles. The molecule has 2 heterocycles. The summed E-state index contributed by atoms with van der Waals surface area (Å²) in [5.41, 5.74) is 1.05. The minimum atomic E-state index is -0.489. The summed E-state index contributed by atoms with van der Waals surface area (Å²) >= 11 is 0. The first kappa shape index (κ1) is 21.7. The van der Waals surface area contributed by atoms with E-state index in [9.17, 15) is 14.7 Å². The van der Waals surface area contributed by atoms with E-state index < -0.39 is 6.10 Å². The second-order valence-electron chi connectivity index (χ2n) is 7.96. The predicted octanol–water partition coefficient (Wildman–Crippen LogP) is 1.71. The van der Waals surface area contributed by atoms with Gasteiger partial charge in [-0.3, -0.25) is 9.59 Å². The van der Waals surface area contributed by atoms with Gasteiger partial charge in [-0.25, -0.2) is 0 Å². The molecule has 2 aliphatic heterocycles. The average molecular weight is 405 g/mol. The van der Waals surface area contributed by atoms with E-state index in [1.807, 2.05) is 37.3 Å². The van der Waals surface area contributed by atoms with Crippen molar-refractivity contribution in [3.8, 4) is 0 Å². The Kier molecular flexibility index (Phi) is 8.03. The molecular weight excluding hydrogens is 372 g/mol. The number of ether oxygens (including phenoxy) is 2. The fourth-order valence-corrected chi connectivity index (χ4v) is 4.04. The molecular formula is C22H32N2O5. The molecule has 2 amide bonds. The smallest absolute Gasteiger partial charge is 0.223 e. The lowest BCUT2D eigenvalue weighted by atomic mass is 9.94. The van der Waals surface area contributed by atoms with Gasteiger partial charge in [0.15, 0.2) is 0 Å². The van der Waals surface area contributed by atoms with Crippen LogP contribution in [-0.2, 0) is 19.1 Å². The van der Waals surface area contributed by atoms with Crippen molar-refractivity contribution >= 4 is 11.8 Å². The molecule has 29 heavy (non-hydrogen) atoms.